The largest absolute Gasteiger partial charge is 1.00 e. The molecule has 0 saturated heterocycles. The molecule has 5 heteroatoms. The minimum absolute atomic E-state index is 0. The molecule has 0 spiro atoms. The first-order valence-corrected chi connectivity index (χ1v) is 3.41. The first kappa shape index (κ1) is 10.9. The average molecular weight is 182 g/mol. The van der Waals surface area contributed by atoms with E-state index < -0.39 is 0 Å². The van der Waals surface area contributed by atoms with Crippen molar-refractivity contribution in [2.45, 2.75) is 0 Å². The Hall–Kier alpha value is -1.21. The van der Waals surface area contributed by atoms with E-state index in [4.69, 9.17) is 1.37 Å². The van der Waals surface area contributed by atoms with E-state index in [1.54, 1.807) is 24.5 Å². The Balaban J connectivity index is 0.000000980. The van der Waals surface area contributed by atoms with Gasteiger partial charge >= 0.3 is 18.9 Å². The van der Waals surface area contributed by atoms with Crippen LogP contribution in [0.1, 0.15) is 6.93 Å². The standard InChI is InChI=1S/C9H5N2O.Li.H2O/c12-6-7-1-2-8-9(5-7)11-4-3-10-8;;/h1-5H;;1H2/q-1;+1;/p-1/i3D;;. The summed E-state index contributed by atoms with van der Waals surface area (Å²) in [4.78, 5) is 18.2. The Bertz CT molecular complexity index is 479. The number of hydrogen-bond acceptors (Lipinski definition) is 4. The molecule has 0 unspecified atom stereocenters. The van der Waals surface area contributed by atoms with Gasteiger partial charge in [0, 0.05) is 17.9 Å². The van der Waals surface area contributed by atoms with Gasteiger partial charge in [0.15, 0.2) is 0 Å². The monoisotopic (exact) mass is 182 g/mol. The Morgan fingerprint density at radius 3 is 2.79 bits per heavy atom. The minimum atomic E-state index is 0. The van der Waals surface area contributed by atoms with E-state index in [9.17, 15) is 4.79 Å². The molecule has 1 aromatic carbocycles. The molecule has 0 aliphatic rings. The smallest absolute Gasteiger partial charge is 0.870 e. The van der Waals surface area contributed by atoms with Crippen molar-refractivity contribution >= 4 is 17.3 Å². The maximum absolute atomic E-state index is 10.3. The molecule has 0 fully saturated rings. The fraction of sp³-hybridized carbons (Fsp3) is 0. The molecule has 1 aromatic heterocycles. The minimum Gasteiger partial charge on any atom is -0.870 e. The Labute approximate surface area is 94.3 Å². The van der Waals surface area contributed by atoms with Crippen molar-refractivity contribution in [1.29, 1.82) is 0 Å². The second-order valence-electron chi connectivity index (χ2n) is 2.30. The van der Waals surface area contributed by atoms with Crippen LogP contribution in [0.2, 0.25) is 0 Å². The molecule has 4 nitrogen and oxygen atoms in total. The molecular formula is C9H6LiN2O2-. The summed E-state index contributed by atoms with van der Waals surface area (Å²) in [5, 5.41) is 0. The molecule has 0 amide bonds. The molecular weight excluding hydrogens is 175 g/mol. The summed E-state index contributed by atoms with van der Waals surface area (Å²) in [5.74, 6) is 0. The average Bonchev–Trinajstić information content (AvgIpc) is 2.17. The van der Waals surface area contributed by atoms with Gasteiger partial charge in [-0.1, -0.05) is 6.07 Å². The van der Waals surface area contributed by atoms with Crippen LogP contribution in [0.5, 0.6) is 0 Å². The van der Waals surface area contributed by atoms with Gasteiger partial charge in [0.2, 0.25) is 0 Å². The van der Waals surface area contributed by atoms with Crippen LogP contribution < -0.4 is 18.9 Å². The number of fused-ring (bicyclic) bond motifs is 1. The van der Waals surface area contributed by atoms with Crippen LogP contribution in [0.3, 0.4) is 0 Å². The summed E-state index contributed by atoms with van der Waals surface area (Å²) < 4.78 is 7.22. The molecule has 2 aromatic rings. The predicted molar refractivity (Wildman–Crippen MR) is 46.3 cm³/mol. The van der Waals surface area contributed by atoms with E-state index >= 15 is 0 Å². The van der Waals surface area contributed by atoms with E-state index in [2.05, 4.69) is 9.97 Å². The van der Waals surface area contributed by atoms with Gasteiger partial charge in [-0.2, -0.15) is 6.07 Å². The molecule has 1 heterocycles. The molecule has 2 rings (SSSR count). The third kappa shape index (κ3) is 2.39. The van der Waals surface area contributed by atoms with E-state index in [0.717, 1.165) is 0 Å². The van der Waals surface area contributed by atoms with Gasteiger partial charge in [0.25, 0.3) is 0 Å². The van der Waals surface area contributed by atoms with Gasteiger partial charge in [0.05, 0.1) is 13.2 Å². The Morgan fingerprint density at radius 1 is 1.29 bits per heavy atom. The number of aromatic nitrogens is 2. The van der Waals surface area contributed by atoms with Gasteiger partial charge in [-0.15, -0.1) is 11.6 Å². The van der Waals surface area contributed by atoms with Gasteiger partial charge in [-0.05, 0) is 0 Å². The molecule has 0 bridgehead atoms. The zero-order valence-electron chi connectivity index (χ0n) is 8.56. The SMILES string of the molecule is [2H]c1cnc2cc([C-]=O)ccc2n1.[Li+].[OH-]. The number of hydrogen-bond donors (Lipinski definition) is 0. The maximum Gasteiger partial charge on any atom is 1.00 e. The first-order chi connectivity index (χ1) is 6.29. The van der Waals surface area contributed by atoms with Crippen molar-refractivity contribution in [3.8, 4) is 0 Å². The second-order valence-corrected chi connectivity index (χ2v) is 2.30. The predicted octanol–water partition coefficient (Wildman–Crippen LogP) is -2.09. The molecule has 0 aliphatic heterocycles. The van der Waals surface area contributed by atoms with E-state index in [1.807, 2.05) is 0 Å². The van der Waals surface area contributed by atoms with Crippen molar-refractivity contribution in [2.75, 3.05) is 0 Å². The molecule has 0 atom stereocenters. The zero-order valence-corrected chi connectivity index (χ0v) is 7.56. The van der Waals surface area contributed by atoms with Crippen LogP contribution in [0.4, 0.5) is 0 Å². The van der Waals surface area contributed by atoms with E-state index in [0.29, 0.717) is 16.6 Å². The summed E-state index contributed by atoms with van der Waals surface area (Å²) >= 11 is 0. The third-order valence-electron chi connectivity index (χ3n) is 1.54. The van der Waals surface area contributed by atoms with Gasteiger partial charge in [0.1, 0.15) is 0 Å². The second kappa shape index (κ2) is 5.50. The molecule has 0 radical (unpaired) electrons. The van der Waals surface area contributed by atoms with E-state index in [1.165, 1.54) is 6.20 Å². The van der Waals surface area contributed by atoms with Crippen molar-refractivity contribution in [2.24, 2.45) is 0 Å². The van der Waals surface area contributed by atoms with Crippen LogP contribution in [0.25, 0.3) is 11.0 Å². The number of carbonyl (C=O) groups excluding carboxylic acids is 1. The van der Waals surface area contributed by atoms with Gasteiger partial charge in [-0.25, -0.2) is 0 Å². The Kier molecular flexibility index (Phi) is 4.27. The fourth-order valence-corrected chi connectivity index (χ4v) is 0.982. The van der Waals surface area contributed by atoms with Crippen LogP contribution in [-0.2, 0) is 4.79 Å². The van der Waals surface area contributed by atoms with Gasteiger partial charge < -0.3 is 10.3 Å². The topological polar surface area (TPSA) is 72.8 Å². The fourth-order valence-electron chi connectivity index (χ4n) is 0.982. The summed E-state index contributed by atoms with van der Waals surface area (Å²) in [6.07, 6.45) is 3.23. The first-order valence-electron chi connectivity index (χ1n) is 3.91. The summed E-state index contributed by atoms with van der Waals surface area (Å²) in [6, 6.07) is 4.85. The van der Waals surface area contributed by atoms with Crippen LogP contribution in [0, 0.1) is 0 Å². The van der Waals surface area contributed by atoms with Crippen molar-refractivity contribution in [1.82, 2.24) is 9.97 Å². The molecule has 1 N–H and O–H groups in total. The quantitative estimate of drug-likeness (QED) is 0.374. The summed E-state index contributed by atoms with van der Waals surface area (Å²) in [5.41, 5.74) is 1.67. The third-order valence-corrected chi connectivity index (χ3v) is 1.54. The molecule has 0 aliphatic carbocycles. The maximum atomic E-state index is 10.3. The summed E-state index contributed by atoms with van der Waals surface area (Å²) in [6.45, 7) is 0. The molecule has 14 heavy (non-hydrogen) atoms. The Morgan fingerprint density at radius 2 is 2.07 bits per heavy atom. The van der Waals surface area contributed by atoms with Crippen LogP contribution in [-0.4, -0.2) is 21.7 Å². The molecule has 66 valence electrons. The van der Waals surface area contributed by atoms with Crippen LogP contribution in [0.15, 0.2) is 30.6 Å². The van der Waals surface area contributed by atoms with Crippen LogP contribution >= 0.6 is 0 Å². The summed E-state index contributed by atoms with van der Waals surface area (Å²) in [7, 11) is 0. The normalized spacial score (nSPS) is 9.57. The van der Waals surface area contributed by atoms with E-state index in [-0.39, 0.29) is 30.5 Å². The van der Waals surface area contributed by atoms with Crippen molar-refractivity contribution in [3.63, 3.8) is 0 Å². The van der Waals surface area contributed by atoms with Crippen molar-refractivity contribution in [3.05, 3.63) is 36.1 Å². The van der Waals surface area contributed by atoms with Crippen molar-refractivity contribution < 1.29 is 30.5 Å². The molecule has 0 saturated carbocycles. The van der Waals surface area contributed by atoms with Gasteiger partial charge in [-0.3, -0.25) is 9.97 Å². The number of benzene rings is 1. The number of rotatable bonds is 1. The zero-order chi connectivity index (χ0) is 9.26. The number of nitrogens with zero attached hydrogens (tertiary/aromatic N) is 2.